The van der Waals surface area contributed by atoms with Gasteiger partial charge in [0.15, 0.2) is 0 Å². The van der Waals surface area contributed by atoms with Gasteiger partial charge < -0.3 is 10.7 Å². The van der Waals surface area contributed by atoms with E-state index in [0.717, 1.165) is 4.47 Å². The van der Waals surface area contributed by atoms with E-state index >= 15 is 0 Å². The van der Waals surface area contributed by atoms with Gasteiger partial charge in [0.05, 0.1) is 0 Å². The van der Waals surface area contributed by atoms with Crippen molar-refractivity contribution >= 4 is 33.5 Å². The zero-order chi connectivity index (χ0) is 11.5. The lowest BCUT2D eigenvalue weighted by molar-refractivity contribution is 0.102. The summed E-state index contributed by atoms with van der Waals surface area (Å²) in [6, 6.07) is 5.02. The van der Waals surface area contributed by atoms with Crippen LogP contribution in [0, 0.1) is 0 Å². The van der Waals surface area contributed by atoms with E-state index in [-0.39, 0.29) is 5.91 Å². The average molecular weight is 281 g/mol. The van der Waals surface area contributed by atoms with Gasteiger partial charge in [0, 0.05) is 28.1 Å². The van der Waals surface area contributed by atoms with Crippen LogP contribution in [0.3, 0.4) is 0 Å². The number of nitrogens with one attached hydrogen (secondary N) is 2. The van der Waals surface area contributed by atoms with Crippen molar-refractivity contribution in [1.29, 1.82) is 0 Å². The zero-order valence-corrected chi connectivity index (χ0v) is 9.78. The summed E-state index contributed by atoms with van der Waals surface area (Å²) in [4.78, 5) is 18.4. The Hall–Kier alpha value is -1.82. The van der Waals surface area contributed by atoms with Gasteiger partial charge in [-0.05, 0) is 18.2 Å². The number of halogens is 1. The van der Waals surface area contributed by atoms with Crippen LogP contribution in [0.1, 0.15) is 10.4 Å². The Bertz CT molecular complexity index is 489. The molecular weight excluding hydrogens is 272 g/mol. The van der Waals surface area contributed by atoms with Crippen LogP contribution in [0.15, 0.2) is 35.1 Å². The normalized spacial score (nSPS) is 10.1. The van der Waals surface area contributed by atoms with Gasteiger partial charge >= 0.3 is 0 Å². The number of benzene rings is 1. The second-order valence-electron chi connectivity index (χ2n) is 3.17. The number of nitrogens with zero attached hydrogens (tertiary/aromatic N) is 1. The molecule has 1 aromatic carbocycles. The third-order valence-electron chi connectivity index (χ3n) is 1.91. The average Bonchev–Trinajstić information content (AvgIpc) is 2.68. The van der Waals surface area contributed by atoms with Crippen molar-refractivity contribution in [2.45, 2.75) is 0 Å². The molecule has 0 atom stereocenters. The Morgan fingerprint density at radius 3 is 2.88 bits per heavy atom. The molecule has 2 aromatic rings. The number of aromatic amines is 1. The number of anilines is 2. The first-order chi connectivity index (χ1) is 7.65. The van der Waals surface area contributed by atoms with Crippen LogP contribution in [0.5, 0.6) is 0 Å². The molecule has 1 aromatic heterocycles. The summed E-state index contributed by atoms with van der Waals surface area (Å²) in [5.41, 5.74) is 6.64. The van der Waals surface area contributed by atoms with E-state index < -0.39 is 0 Å². The molecule has 0 spiro atoms. The van der Waals surface area contributed by atoms with Crippen molar-refractivity contribution in [2.24, 2.45) is 0 Å². The lowest BCUT2D eigenvalue weighted by Gasteiger charge is -2.03. The van der Waals surface area contributed by atoms with Crippen LogP contribution in [-0.2, 0) is 0 Å². The Balaban J connectivity index is 2.21. The van der Waals surface area contributed by atoms with Gasteiger partial charge in [0.2, 0.25) is 5.95 Å². The summed E-state index contributed by atoms with van der Waals surface area (Å²) >= 11 is 3.28. The Morgan fingerprint density at radius 2 is 2.25 bits per heavy atom. The second kappa shape index (κ2) is 4.36. The minimum absolute atomic E-state index is 0.261. The Morgan fingerprint density at radius 1 is 1.44 bits per heavy atom. The molecule has 0 saturated heterocycles. The highest BCUT2D eigenvalue weighted by Crippen LogP contribution is 2.17. The molecule has 4 N–H and O–H groups in total. The minimum atomic E-state index is -0.261. The fraction of sp³-hybridized carbons (Fsp3) is 0. The van der Waals surface area contributed by atoms with E-state index in [0.29, 0.717) is 17.2 Å². The topological polar surface area (TPSA) is 83.8 Å². The predicted octanol–water partition coefficient (Wildman–Crippen LogP) is 2.01. The van der Waals surface area contributed by atoms with Gasteiger partial charge in [-0.1, -0.05) is 15.9 Å². The minimum Gasteiger partial charge on any atom is -0.399 e. The molecule has 0 aliphatic rings. The van der Waals surface area contributed by atoms with E-state index in [4.69, 9.17) is 5.73 Å². The first kappa shape index (κ1) is 10.7. The zero-order valence-electron chi connectivity index (χ0n) is 8.20. The lowest BCUT2D eigenvalue weighted by Crippen LogP contribution is -2.13. The summed E-state index contributed by atoms with van der Waals surface area (Å²) in [5, 5.41) is 2.61. The quantitative estimate of drug-likeness (QED) is 0.736. The number of aromatic nitrogens is 2. The maximum absolute atomic E-state index is 11.8. The third-order valence-corrected chi connectivity index (χ3v) is 2.37. The summed E-state index contributed by atoms with van der Waals surface area (Å²) in [5.74, 6) is 0.145. The number of carbonyl (C=O) groups excluding carboxylic acids is 1. The highest BCUT2D eigenvalue weighted by atomic mass is 79.9. The van der Waals surface area contributed by atoms with Crippen molar-refractivity contribution in [3.8, 4) is 0 Å². The van der Waals surface area contributed by atoms with Gasteiger partial charge in [-0.3, -0.25) is 10.1 Å². The molecule has 1 heterocycles. The van der Waals surface area contributed by atoms with E-state index in [2.05, 4.69) is 31.2 Å². The molecule has 0 aliphatic carbocycles. The molecule has 1 amide bonds. The van der Waals surface area contributed by atoms with Crippen molar-refractivity contribution < 1.29 is 4.79 Å². The summed E-state index contributed by atoms with van der Waals surface area (Å²) in [7, 11) is 0. The van der Waals surface area contributed by atoms with Gasteiger partial charge in [-0.2, -0.15) is 0 Å². The van der Waals surface area contributed by atoms with Crippen LogP contribution in [0.4, 0.5) is 11.6 Å². The van der Waals surface area contributed by atoms with Gasteiger partial charge in [0.1, 0.15) is 0 Å². The van der Waals surface area contributed by atoms with Crippen LogP contribution in [-0.4, -0.2) is 15.9 Å². The molecule has 16 heavy (non-hydrogen) atoms. The van der Waals surface area contributed by atoms with Crippen molar-refractivity contribution in [2.75, 3.05) is 11.1 Å². The first-order valence-electron chi connectivity index (χ1n) is 4.52. The SMILES string of the molecule is Nc1cc(Br)cc(C(=O)Nc2ncc[nH]2)c1. The number of nitrogens with two attached hydrogens (primary N) is 1. The highest BCUT2D eigenvalue weighted by molar-refractivity contribution is 9.10. The van der Waals surface area contributed by atoms with Gasteiger partial charge in [-0.15, -0.1) is 0 Å². The smallest absolute Gasteiger partial charge is 0.258 e. The van der Waals surface area contributed by atoms with E-state index in [1.54, 1.807) is 30.6 Å². The molecule has 6 heteroatoms. The van der Waals surface area contributed by atoms with Crippen molar-refractivity contribution in [3.05, 3.63) is 40.6 Å². The van der Waals surface area contributed by atoms with E-state index in [1.807, 2.05) is 0 Å². The summed E-state index contributed by atoms with van der Waals surface area (Å²) in [6.07, 6.45) is 3.19. The van der Waals surface area contributed by atoms with Crippen molar-refractivity contribution in [1.82, 2.24) is 9.97 Å². The van der Waals surface area contributed by atoms with E-state index in [1.165, 1.54) is 0 Å². The maximum atomic E-state index is 11.8. The third kappa shape index (κ3) is 2.40. The van der Waals surface area contributed by atoms with Crippen molar-refractivity contribution in [3.63, 3.8) is 0 Å². The van der Waals surface area contributed by atoms with Gasteiger partial charge in [-0.25, -0.2) is 4.98 Å². The van der Waals surface area contributed by atoms with Crippen LogP contribution >= 0.6 is 15.9 Å². The molecule has 0 unspecified atom stereocenters. The number of carbonyl (C=O) groups is 1. The predicted molar refractivity (Wildman–Crippen MR) is 65.1 cm³/mol. The van der Waals surface area contributed by atoms with Crippen LogP contribution in [0.2, 0.25) is 0 Å². The molecule has 0 aliphatic heterocycles. The number of hydrogen-bond acceptors (Lipinski definition) is 3. The lowest BCUT2D eigenvalue weighted by atomic mass is 10.2. The van der Waals surface area contributed by atoms with Crippen LogP contribution < -0.4 is 11.1 Å². The summed E-state index contributed by atoms with van der Waals surface area (Å²) in [6.45, 7) is 0. The highest BCUT2D eigenvalue weighted by Gasteiger charge is 2.08. The number of imidazole rings is 1. The molecule has 0 radical (unpaired) electrons. The Kier molecular flexibility index (Phi) is 2.91. The maximum Gasteiger partial charge on any atom is 0.258 e. The number of amides is 1. The number of hydrogen-bond donors (Lipinski definition) is 3. The largest absolute Gasteiger partial charge is 0.399 e. The molecule has 0 bridgehead atoms. The van der Waals surface area contributed by atoms with E-state index in [9.17, 15) is 4.79 Å². The molecule has 82 valence electrons. The molecular formula is C10H9BrN4O. The van der Waals surface area contributed by atoms with Crippen LogP contribution in [0.25, 0.3) is 0 Å². The molecule has 5 nitrogen and oxygen atoms in total. The molecule has 0 saturated carbocycles. The second-order valence-corrected chi connectivity index (χ2v) is 4.08. The Labute approximate surface area is 100 Å². The fourth-order valence-electron chi connectivity index (χ4n) is 1.26. The summed E-state index contributed by atoms with van der Waals surface area (Å²) < 4.78 is 0.761. The monoisotopic (exact) mass is 280 g/mol. The van der Waals surface area contributed by atoms with Gasteiger partial charge in [0.25, 0.3) is 5.91 Å². The standard InChI is InChI=1S/C10H9BrN4O/c11-7-3-6(4-8(12)5-7)9(16)15-10-13-1-2-14-10/h1-5H,12H2,(H2,13,14,15,16). The molecule has 0 fully saturated rings. The number of nitrogen functional groups attached to an aromatic ring is 1. The number of rotatable bonds is 2. The fourth-order valence-corrected chi connectivity index (χ4v) is 1.77. The molecule has 2 rings (SSSR count). The number of H-pyrrole nitrogens is 1. The first-order valence-corrected chi connectivity index (χ1v) is 5.31.